The lowest BCUT2D eigenvalue weighted by Crippen LogP contribution is -2.28. The zero-order chi connectivity index (χ0) is 47.8. The van der Waals surface area contributed by atoms with Crippen molar-refractivity contribution in [2.24, 2.45) is 0 Å². The highest BCUT2D eigenvalue weighted by Gasteiger charge is 2.47. The Bertz CT molecular complexity index is 3850. The highest BCUT2D eigenvalue weighted by Crippen LogP contribution is 2.59. The second kappa shape index (κ2) is 18.2. The molecule has 1 heteroatoms. The lowest BCUT2D eigenvalue weighted by molar-refractivity contribution is 0.768. The Labute approximate surface area is 422 Å². The minimum absolute atomic E-state index is 0.533. The number of hydrogen-bond donors (Lipinski definition) is 0. The van der Waals surface area contributed by atoms with Gasteiger partial charge in [-0.25, -0.2) is 0 Å². The van der Waals surface area contributed by atoms with Crippen LogP contribution in [0.3, 0.4) is 0 Å². The molecule has 1 aliphatic carbocycles. The van der Waals surface area contributed by atoms with E-state index in [2.05, 4.69) is 302 Å². The molecule has 0 bridgehead atoms. The second-order valence-corrected chi connectivity index (χ2v) is 18.7. The fraction of sp³-hybridized carbons (Fsp3) is 0.0141. The predicted molar refractivity (Wildman–Crippen MR) is 303 cm³/mol. The van der Waals surface area contributed by atoms with E-state index >= 15 is 0 Å². The van der Waals surface area contributed by atoms with Crippen molar-refractivity contribution < 1.29 is 0 Å². The van der Waals surface area contributed by atoms with Gasteiger partial charge in [-0.1, -0.05) is 279 Å². The topological polar surface area (TPSA) is 3.24 Å². The molecule has 0 fully saturated rings. The SMILES string of the molecule is c1ccc(-c2ccc(-c3ccccc3N(c3ccccc3-c3cccc4c3-c3ccccc3C4(c3ccccc3)c3ccccc3)c3ccccc3-c3cccc4cccc(-c5ccccc5)c34)cc2)cc1. The molecule has 0 spiro atoms. The molecular formula is C71H49N. The lowest BCUT2D eigenvalue weighted by atomic mass is 9.67. The maximum atomic E-state index is 2.54. The predicted octanol–water partition coefficient (Wildman–Crippen LogP) is 19.0. The molecule has 0 aromatic heterocycles. The molecule has 1 nitrogen and oxygen atoms in total. The molecule has 12 aromatic rings. The maximum Gasteiger partial charge on any atom is 0.0713 e. The first-order chi connectivity index (χ1) is 35.8. The van der Waals surface area contributed by atoms with Crippen LogP contribution in [0.25, 0.3) is 77.5 Å². The summed E-state index contributed by atoms with van der Waals surface area (Å²) >= 11 is 0. The van der Waals surface area contributed by atoms with E-state index in [9.17, 15) is 0 Å². The Hall–Kier alpha value is -9.30. The summed E-state index contributed by atoms with van der Waals surface area (Å²) in [5, 5.41) is 2.43. The van der Waals surface area contributed by atoms with Crippen molar-refractivity contribution in [2.45, 2.75) is 5.41 Å². The molecule has 0 saturated heterocycles. The van der Waals surface area contributed by atoms with Crippen LogP contribution in [-0.2, 0) is 5.41 Å². The number of benzene rings is 12. The number of anilines is 3. The third-order valence-electron chi connectivity index (χ3n) is 14.8. The summed E-state index contributed by atoms with van der Waals surface area (Å²) in [7, 11) is 0. The molecule has 12 aromatic carbocycles. The third kappa shape index (κ3) is 7.09. The second-order valence-electron chi connectivity index (χ2n) is 18.7. The minimum atomic E-state index is -0.533. The molecule has 0 aliphatic heterocycles. The van der Waals surface area contributed by atoms with Crippen LogP contribution in [0.4, 0.5) is 17.1 Å². The van der Waals surface area contributed by atoms with Gasteiger partial charge in [-0.2, -0.15) is 0 Å². The van der Waals surface area contributed by atoms with E-state index in [0.29, 0.717) is 0 Å². The summed E-state index contributed by atoms with van der Waals surface area (Å²) in [6, 6.07) is 109. The molecule has 0 heterocycles. The lowest BCUT2D eigenvalue weighted by Gasteiger charge is -2.34. The number of hydrogen-bond acceptors (Lipinski definition) is 1. The molecule has 13 rings (SSSR count). The Morgan fingerprint density at radius 2 is 0.597 bits per heavy atom. The summed E-state index contributed by atoms with van der Waals surface area (Å²) < 4.78 is 0. The van der Waals surface area contributed by atoms with E-state index in [1.165, 1.54) is 77.5 Å². The van der Waals surface area contributed by atoms with Crippen LogP contribution in [0.2, 0.25) is 0 Å². The van der Waals surface area contributed by atoms with Crippen LogP contribution in [0.5, 0.6) is 0 Å². The van der Waals surface area contributed by atoms with Crippen molar-refractivity contribution in [3.8, 4) is 66.8 Å². The Kier molecular flexibility index (Phi) is 10.8. The fourth-order valence-corrected chi connectivity index (χ4v) is 11.7. The summed E-state index contributed by atoms with van der Waals surface area (Å²) in [5.74, 6) is 0. The van der Waals surface area contributed by atoms with Gasteiger partial charge in [0, 0.05) is 16.7 Å². The van der Waals surface area contributed by atoms with Crippen molar-refractivity contribution in [3.63, 3.8) is 0 Å². The standard InChI is InChI=1S/C71H49N/c1-5-24-50(25-6-1)51-46-48-53(49-47-51)57-34-14-18-43-66(57)72(67-44-19-15-35-59(67)61-39-22-29-54-28-21-38-58(69(54)61)52-26-7-2-8-27-52)68-45-20-16-36-60(68)62-40-23-42-65-70(62)63-37-13-17-41-64(63)71(65,55-30-9-3-10-31-55)56-32-11-4-12-33-56/h1-49H. The van der Waals surface area contributed by atoms with Crippen LogP contribution in [0.15, 0.2) is 297 Å². The first-order valence-corrected chi connectivity index (χ1v) is 24.9. The Balaban J connectivity index is 1.09. The van der Waals surface area contributed by atoms with Gasteiger partial charge in [0.05, 0.1) is 22.5 Å². The molecule has 1 aliphatic rings. The van der Waals surface area contributed by atoms with E-state index in [-0.39, 0.29) is 0 Å². The molecule has 0 amide bonds. The zero-order valence-corrected chi connectivity index (χ0v) is 39.7. The van der Waals surface area contributed by atoms with E-state index in [1.807, 2.05) is 0 Å². The van der Waals surface area contributed by atoms with Gasteiger partial charge >= 0.3 is 0 Å². The van der Waals surface area contributed by atoms with Crippen molar-refractivity contribution in [1.29, 1.82) is 0 Å². The molecule has 0 radical (unpaired) electrons. The smallest absolute Gasteiger partial charge is 0.0713 e. The van der Waals surface area contributed by atoms with Crippen molar-refractivity contribution in [2.75, 3.05) is 4.90 Å². The average molecular weight is 916 g/mol. The Morgan fingerprint density at radius 3 is 1.21 bits per heavy atom. The van der Waals surface area contributed by atoms with E-state index in [4.69, 9.17) is 0 Å². The Morgan fingerprint density at radius 1 is 0.222 bits per heavy atom. The number of fused-ring (bicyclic) bond motifs is 4. The minimum Gasteiger partial charge on any atom is -0.309 e. The highest BCUT2D eigenvalue weighted by atomic mass is 15.1. The maximum absolute atomic E-state index is 2.54. The normalized spacial score (nSPS) is 12.3. The highest BCUT2D eigenvalue weighted by molar-refractivity contribution is 6.10. The van der Waals surface area contributed by atoms with Crippen molar-refractivity contribution >= 4 is 27.8 Å². The first-order valence-electron chi connectivity index (χ1n) is 24.9. The van der Waals surface area contributed by atoms with Gasteiger partial charge in [0.15, 0.2) is 0 Å². The molecular weight excluding hydrogens is 867 g/mol. The summed E-state index contributed by atoms with van der Waals surface area (Å²) in [5.41, 5.74) is 22.1. The van der Waals surface area contributed by atoms with Gasteiger partial charge in [-0.15, -0.1) is 0 Å². The largest absolute Gasteiger partial charge is 0.309 e. The molecule has 0 atom stereocenters. The van der Waals surface area contributed by atoms with Crippen molar-refractivity contribution in [3.05, 3.63) is 320 Å². The third-order valence-corrected chi connectivity index (χ3v) is 14.8. The summed E-state index contributed by atoms with van der Waals surface area (Å²) in [6.45, 7) is 0. The number of rotatable bonds is 10. The summed E-state index contributed by atoms with van der Waals surface area (Å²) in [6.07, 6.45) is 0. The summed E-state index contributed by atoms with van der Waals surface area (Å²) in [4.78, 5) is 2.54. The van der Waals surface area contributed by atoms with Crippen LogP contribution in [0, 0.1) is 0 Å². The number of nitrogens with zero attached hydrogens (tertiary/aromatic N) is 1. The average Bonchev–Trinajstić information content (AvgIpc) is 3.78. The quantitative estimate of drug-likeness (QED) is 0.132. The van der Waals surface area contributed by atoms with Gasteiger partial charge in [0.2, 0.25) is 0 Å². The molecule has 0 saturated carbocycles. The first kappa shape index (κ1) is 42.8. The monoisotopic (exact) mass is 915 g/mol. The zero-order valence-electron chi connectivity index (χ0n) is 39.7. The van der Waals surface area contributed by atoms with Gasteiger partial charge in [0.25, 0.3) is 0 Å². The van der Waals surface area contributed by atoms with Gasteiger partial charge in [-0.3, -0.25) is 0 Å². The van der Waals surface area contributed by atoms with Crippen molar-refractivity contribution in [1.82, 2.24) is 0 Å². The van der Waals surface area contributed by atoms with E-state index in [0.717, 1.165) is 39.3 Å². The van der Waals surface area contributed by atoms with Gasteiger partial charge in [-0.05, 0) is 101 Å². The molecule has 72 heavy (non-hydrogen) atoms. The molecule has 338 valence electrons. The van der Waals surface area contributed by atoms with E-state index in [1.54, 1.807) is 0 Å². The fourth-order valence-electron chi connectivity index (χ4n) is 11.7. The van der Waals surface area contributed by atoms with Crippen LogP contribution in [0.1, 0.15) is 22.3 Å². The van der Waals surface area contributed by atoms with Crippen LogP contribution >= 0.6 is 0 Å². The van der Waals surface area contributed by atoms with Gasteiger partial charge < -0.3 is 4.90 Å². The molecule has 0 unspecified atom stereocenters. The van der Waals surface area contributed by atoms with E-state index < -0.39 is 5.41 Å². The van der Waals surface area contributed by atoms with Crippen LogP contribution < -0.4 is 4.90 Å². The number of para-hydroxylation sites is 3. The van der Waals surface area contributed by atoms with Crippen LogP contribution in [-0.4, -0.2) is 0 Å². The van der Waals surface area contributed by atoms with Gasteiger partial charge in [0.1, 0.15) is 0 Å². The molecule has 0 N–H and O–H groups in total.